The van der Waals surface area contributed by atoms with Crippen molar-refractivity contribution in [2.24, 2.45) is 0 Å². The fourth-order valence-corrected chi connectivity index (χ4v) is 1.64. The lowest BCUT2D eigenvalue weighted by Gasteiger charge is -2.08. The summed E-state index contributed by atoms with van der Waals surface area (Å²) in [6, 6.07) is 13.9. The number of anilines is 1. The van der Waals surface area contributed by atoms with Crippen LogP contribution in [0.5, 0.6) is 11.5 Å². The van der Waals surface area contributed by atoms with Gasteiger partial charge in [0.2, 0.25) is 5.91 Å². The van der Waals surface area contributed by atoms with E-state index in [1.54, 1.807) is 36.4 Å². The summed E-state index contributed by atoms with van der Waals surface area (Å²) in [5.41, 5.74) is 0.588. The molecule has 2 N–H and O–H groups in total. The minimum atomic E-state index is -0.544. The molecule has 2 rings (SSSR count). The smallest absolute Gasteiger partial charge is 0.250 e. The molecule has 0 aliphatic heterocycles. The van der Waals surface area contributed by atoms with E-state index >= 15 is 0 Å². The number of ether oxygens (including phenoxy) is 1. The van der Waals surface area contributed by atoms with Crippen LogP contribution in [0.25, 0.3) is 0 Å². The highest BCUT2D eigenvalue weighted by atomic mass is 35.5. The number of carbonyl (C=O) groups excluding carboxylic acids is 1. The largest absolute Gasteiger partial charge is 0.456 e. The molecule has 0 aliphatic carbocycles. The minimum absolute atomic E-state index is 0.459. The van der Waals surface area contributed by atoms with Crippen molar-refractivity contribution in [2.75, 3.05) is 11.9 Å². The summed E-state index contributed by atoms with van der Waals surface area (Å²) in [6.07, 6.45) is 0. The molecule has 0 fully saturated rings. The predicted octanol–water partition coefficient (Wildman–Crippen LogP) is 3.06. The van der Waals surface area contributed by atoms with E-state index < -0.39 is 12.5 Å². The van der Waals surface area contributed by atoms with E-state index in [-0.39, 0.29) is 0 Å². The van der Waals surface area contributed by atoms with Gasteiger partial charge in [-0.2, -0.15) is 0 Å². The van der Waals surface area contributed by atoms with Gasteiger partial charge in [0.25, 0.3) is 0 Å². The highest BCUT2D eigenvalue weighted by Crippen LogP contribution is 2.29. The van der Waals surface area contributed by atoms with Crippen molar-refractivity contribution in [3.05, 3.63) is 53.6 Å². The Kier molecular flexibility index (Phi) is 4.39. The molecule has 19 heavy (non-hydrogen) atoms. The van der Waals surface area contributed by atoms with Gasteiger partial charge in [0, 0.05) is 5.69 Å². The maximum atomic E-state index is 11.0. The van der Waals surface area contributed by atoms with Crippen LogP contribution in [0.3, 0.4) is 0 Å². The third kappa shape index (κ3) is 3.71. The van der Waals surface area contributed by atoms with Crippen LogP contribution in [0.4, 0.5) is 5.69 Å². The maximum Gasteiger partial charge on any atom is 0.250 e. The highest BCUT2D eigenvalue weighted by molar-refractivity contribution is 6.32. The lowest BCUT2D eigenvalue weighted by atomic mass is 10.3. The van der Waals surface area contributed by atoms with Crippen molar-refractivity contribution in [1.82, 2.24) is 0 Å². The minimum Gasteiger partial charge on any atom is -0.456 e. The molecule has 0 radical (unpaired) electrons. The first-order valence-electron chi connectivity index (χ1n) is 5.62. The zero-order valence-electron chi connectivity index (χ0n) is 9.97. The molecule has 0 atom stereocenters. The van der Waals surface area contributed by atoms with Crippen molar-refractivity contribution in [3.63, 3.8) is 0 Å². The molecule has 4 nitrogen and oxygen atoms in total. The van der Waals surface area contributed by atoms with Crippen molar-refractivity contribution in [2.45, 2.75) is 0 Å². The second kappa shape index (κ2) is 6.22. The van der Waals surface area contributed by atoms with Crippen LogP contribution in [0, 0.1) is 0 Å². The molecule has 0 saturated carbocycles. The third-order valence-electron chi connectivity index (χ3n) is 2.35. The molecule has 0 spiro atoms. The van der Waals surface area contributed by atoms with Crippen molar-refractivity contribution in [1.29, 1.82) is 0 Å². The normalized spacial score (nSPS) is 10.0. The number of hydrogen-bond donors (Lipinski definition) is 2. The molecule has 0 unspecified atom stereocenters. The van der Waals surface area contributed by atoms with E-state index in [1.165, 1.54) is 0 Å². The summed E-state index contributed by atoms with van der Waals surface area (Å²) in [5.74, 6) is 0.714. The van der Waals surface area contributed by atoms with Gasteiger partial charge >= 0.3 is 0 Å². The maximum absolute atomic E-state index is 11.0. The van der Waals surface area contributed by atoms with Gasteiger partial charge < -0.3 is 15.2 Å². The Morgan fingerprint density at radius 1 is 1.16 bits per heavy atom. The molecular formula is C14H12ClNO3. The second-order valence-electron chi connectivity index (χ2n) is 3.76. The van der Waals surface area contributed by atoms with Crippen LogP contribution < -0.4 is 10.1 Å². The molecule has 1 amide bonds. The van der Waals surface area contributed by atoms with Gasteiger partial charge in [0.05, 0.1) is 5.02 Å². The molecule has 98 valence electrons. The Morgan fingerprint density at radius 2 is 1.84 bits per heavy atom. The van der Waals surface area contributed by atoms with E-state index in [9.17, 15) is 4.79 Å². The molecule has 0 saturated heterocycles. The Balaban J connectivity index is 2.07. The van der Waals surface area contributed by atoms with Crippen molar-refractivity contribution >= 4 is 23.2 Å². The van der Waals surface area contributed by atoms with Crippen LogP contribution in [-0.2, 0) is 4.79 Å². The zero-order valence-corrected chi connectivity index (χ0v) is 10.7. The summed E-state index contributed by atoms with van der Waals surface area (Å²) in [4.78, 5) is 11.0. The monoisotopic (exact) mass is 277 g/mol. The van der Waals surface area contributed by atoms with Crippen LogP contribution >= 0.6 is 11.6 Å². The molecule has 0 bridgehead atoms. The van der Waals surface area contributed by atoms with Crippen LogP contribution in [0.15, 0.2) is 48.5 Å². The van der Waals surface area contributed by atoms with Crippen molar-refractivity contribution < 1.29 is 14.6 Å². The van der Waals surface area contributed by atoms with Crippen LogP contribution in [-0.4, -0.2) is 17.6 Å². The van der Waals surface area contributed by atoms with Gasteiger partial charge in [0.15, 0.2) is 0 Å². The van der Waals surface area contributed by atoms with Gasteiger partial charge in [0.1, 0.15) is 18.1 Å². The fraction of sp³-hybridized carbons (Fsp3) is 0.0714. The summed E-state index contributed by atoms with van der Waals surface area (Å²) in [7, 11) is 0. The number of benzene rings is 2. The fourth-order valence-electron chi connectivity index (χ4n) is 1.46. The summed E-state index contributed by atoms with van der Waals surface area (Å²) in [6.45, 7) is -0.544. The number of amides is 1. The van der Waals surface area contributed by atoms with E-state index in [0.29, 0.717) is 22.2 Å². The molecule has 0 aromatic heterocycles. The SMILES string of the molecule is O=C(CO)Nc1ccc(Oc2ccccc2Cl)cc1. The molecule has 2 aromatic rings. The lowest BCUT2D eigenvalue weighted by molar-refractivity contribution is -0.118. The second-order valence-corrected chi connectivity index (χ2v) is 4.17. The zero-order chi connectivity index (χ0) is 13.7. The number of carbonyl (C=O) groups is 1. The number of hydrogen-bond acceptors (Lipinski definition) is 3. The number of aliphatic hydroxyl groups is 1. The first-order valence-corrected chi connectivity index (χ1v) is 6.00. The van der Waals surface area contributed by atoms with Crippen LogP contribution in [0.1, 0.15) is 0 Å². The Hall–Kier alpha value is -2.04. The first kappa shape index (κ1) is 13.4. The molecule has 2 aromatic carbocycles. The van der Waals surface area contributed by atoms with Crippen LogP contribution in [0.2, 0.25) is 5.02 Å². The lowest BCUT2D eigenvalue weighted by Crippen LogP contribution is -2.15. The van der Waals surface area contributed by atoms with Gasteiger partial charge in [-0.15, -0.1) is 0 Å². The molecule has 0 aliphatic rings. The molecule has 0 heterocycles. The van der Waals surface area contributed by atoms with Gasteiger partial charge in [-0.1, -0.05) is 23.7 Å². The summed E-state index contributed by atoms with van der Waals surface area (Å²) >= 11 is 5.98. The predicted molar refractivity (Wildman–Crippen MR) is 73.7 cm³/mol. The van der Waals surface area contributed by atoms with E-state index in [4.69, 9.17) is 21.4 Å². The topological polar surface area (TPSA) is 58.6 Å². The van der Waals surface area contributed by atoms with Gasteiger partial charge in [-0.3, -0.25) is 4.79 Å². The first-order chi connectivity index (χ1) is 9.19. The highest BCUT2D eigenvalue weighted by Gasteiger charge is 2.03. The summed E-state index contributed by atoms with van der Waals surface area (Å²) < 4.78 is 5.60. The van der Waals surface area contributed by atoms with E-state index in [2.05, 4.69) is 5.32 Å². The molecular weight excluding hydrogens is 266 g/mol. The standard InChI is InChI=1S/C14H12ClNO3/c15-12-3-1-2-4-13(12)19-11-7-5-10(6-8-11)16-14(18)9-17/h1-8,17H,9H2,(H,16,18). The average molecular weight is 278 g/mol. The number of rotatable bonds is 4. The number of aliphatic hydroxyl groups excluding tert-OH is 1. The van der Waals surface area contributed by atoms with E-state index in [1.807, 2.05) is 12.1 Å². The Morgan fingerprint density at radius 3 is 2.47 bits per heavy atom. The quantitative estimate of drug-likeness (QED) is 0.903. The number of halogens is 1. The van der Waals surface area contributed by atoms with Crippen molar-refractivity contribution in [3.8, 4) is 11.5 Å². The third-order valence-corrected chi connectivity index (χ3v) is 2.66. The molecule has 5 heteroatoms. The summed E-state index contributed by atoms with van der Waals surface area (Å²) in [5, 5.41) is 11.7. The van der Waals surface area contributed by atoms with Gasteiger partial charge in [-0.05, 0) is 36.4 Å². The average Bonchev–Trinajstić information content (AvgIpc) is 2.43. The van der Waals surface area contributed by atoms with E-state index in [0.717, 1.165) is 0 Å². The Labute approximate surface area is 115 Å². The number of para-hydroxylation sites is 1. The number of nitrogens with one attached hydrogen (secondary N) is 1. The van der Waals surface area contributed by atoms with Gasteiger partial charge in [-0.25, -0.2) is 0 Å². The Bertz CT molecular complexity index is 569.